The van der Waals surface area contributed by atoms with Crippen LogP contribution < -0.4 is 10.6 Å². The van der Waals surface area contributed by atoms with Crippen LogP contribution in [0.1, 0.15) is 25.3 Å². The van der Waals surface area contributed by atoms with Gasteiger partial charge in [0, 0.05) is 13.1 Å². The zero-order valence-corrected chi connectivity index (χ0v) is 12.5. The summed E-state index contributed by atoms with van der Waals surface area (Å²) in [5.41, 5.74) is -0.682. The lowest BCUT2D eigenvalue weighted by Gasteiger charge is -2.13. The second-order valence-corrected chi connectivity index (χ2v) is 5.31. The molecule has 1 heterocycles. The summed E-state index contributed by atoms with van der Waals surface area (Å²) in [6, 6.07) is 2.10. The zero-order valence-electron chi connectivity index (χ0n) is 11.7. The van der Waals surface area contributed by atoms with Crippen molar-refractivity contribution in [1.29, 1.82) is 0 Å². The van der Waals surface area contributed by atoms with E-state index in [2.05, 4.69) is 15.6 Å². The van der Waals surface area contributed by atoms with Crippen molar-refractivity contribution in [2.24, 2.45) is 0 Å². The highest BCUT2D eigenvalue weighted by atomic mass is 32.2. The highest BCUT2D eigenvalue weighted by molar-refractivity contribution is 7.98. The van der Waals surface area contributed by atoms with E-state index in [1.54, 1.807) is 11.8 Å². The Morgan fingerprint density at radius 1 is 1.15 bits per heavy atom. The molecule has 3 nitrogen and oxygen atoms in total. The van der Waals surface area contributed by atoms with E-state index in [0.717, 1.165) is 30.7 Å². The third-order valence-electron chi connectivity index (χ3n) is 2.54. The fourth-order valence-corrected chi connectivity index (χ4v) is 1.99. The maximum atomic E-state index is 12.8. The lowest BCUT2D eigenvalue weighted by atomic mass is 10.2. The highest BCUT2D eigenvalue weighted by Gasteiger charge is 2.31. The number of anilines is 2. The molecular weight excluding hydrogens is 287 g/mol. The molecule has 1 aromatic rings. The standard InChI is InChI=1S/C13H20F3N3S/c1-3-5-17-11-8-10(13(14,15)16)9-12(19-11)18-6-4-7-20-2/h8-9H,3-7H2,1-2H3,(H2,17,18,19). The van der Waals surface area contributed by atoms with Crippen LogP contribution >= 0.6 is 11.8 Å². The fraction of sp³-hybridized carbons (Fsp3) is 0.615. The van der Waals surface area contributed by atoms with E-state index in [0.29, 0.717) is 13.1 Å². The van der Waals surface area contributed by atoms with E-state index in [1.165, 1.54) is 0 Å². The van der Waals surface area contributed by atoms with Crippen molar-refractivity contribution in [3.8, 4) is 0 Å². The average molecular weight is 307 g/mol. The van der Waals surface area contributed by atoms with Crippen molar-refractivity contribution >= 4 is 23.4 Å². The largest absolute Gasteiger partial charge is 0.416 e. The number of aromatic nitrogens is 1. The van der Waals surface area contributed by atoms with Gasteiger partial charge in [0.1, 0.15) is 11.6 Å². The van der Waals surface area contributed by atoms with Gasteiger partial charge in [-0.15, -0.1) is 0 Å². The minimum Gasteiger partial charge on any atom is -0.370 e. The van der Waals surface area contributed by atoms with Crippen LogP contribution in [0.2, 0.25) is 0 Å². The van der Waals surface area contributed by atoms with Crippen LogP contribution in [0.4, 0.5) is 24.8 Å². The fourth-order valence-electron chi connectivity index (χ4n) is 1.56. The van der Waals surface area contributed by atoms with Crippen LogP contribution in [0.15, 0.2) is 12.1 Å². The van der Waals surface area contributed by atoms with Gasteiger partial charge >= 0.3 is 6.18 Å². The van der Waals surface area contributed by atoms with Gasteiger partial charge in [-0.05, 0) is 37.0 Å². The van der Waals surface area contributed by atoms with Crippen molar-refractivity contribution in [1.82, 2.24) is 4.98 Å². The normalized spacial score (nSPS) is 11.4. The molecule has 0 aliphatic carbocycles. The molecule has 114 valence electrons. The summed E-state index contributed by atoms with van der Waals surface area (Å²) in [4.78, 5) is 4.15. The first kappa shape index (κ1) is 16.9. The second kappa shape index (κ2) is 8.24. The minimum absolute atomic E-state index is 0.258. The van der Waals surface area contributed by atoms with Crippen molar-refractivity contribution in [2.75, 3.05) is 35.7 Å². The molecule has 0 amide bonds. The Bertz CT molecular complexity index is 410. The smallest absolute Gasteiger partial charge is 0.370 e. The van der Waals surface area contributed by atoms with Gasteiger partial charge in [-0.3, -0.25) is 0 Å². The zero-order chi connectivity index (χ0) is 15.0. The Morgan fingerprint density at radius 2 is 1.75 bits per heavy atom. The molecular formula is C13H20F3N3S. The molecule has 0 saturated heterocycles. The summed E-state index contributed by atoms with van der Waals surface area (Å²) >= 11 is 1.71. The molecule has 0 bridgehead atoms. The summed E-state index contributed by atoms with van der Waals surface area (Å²) in [7, 11) is 0. The molecule has 0 unspecified atom stereocenters. The van der Waals surface area contributed by atoms with Crippen LogP contribution in [0.3, 0.4) is 0 Å². The number of pyridine rings is 1. The first-order chi connectivity index (χ1) is 9.47. The molecule has 2 N–H and O–H groups in total. The number of rotatable bonds is 8. The molecule has 0 atom stereocenters. The monoisotopic (exact) mass is 307 g/mol. The van der Waals surface area contributed by atoms with E-state index >= 15 is 0 Å². The third kappa shape index (κ3) is 5.90. The van der Waals surface area contributed by atoms with Crippen molar-refractivity contribution in [3.63, 3.8) is 0 Å². The summed E-state index contributed by atoms with van der Waals surface area (Å²) < 4.78 is 38.5. The Labute approximate surface area is 121 Å². The molecule has 20 heavy (non-hydrogen) atoms. The topological polar surface area (TPSA) is 37.0 Å². The van der Waals surface area contributed by atoms with Crippen LogP contribution in [0.25, 0.3) is 0 Å². The van der Waals surface area contributed by atoms with Crippen molar-refractivity contribution in [3.05, 3.63) is 17.7 Å². The van der Waals surface area contributed by atoms with Gasteiger partial charge in [0.15, 0.2) is 0 Å². The molecule has 7 heteroatoms. The predicted molar refractivity (Wildman–Crippen MR) is 79.5 cm³/mol. The summed E-state index contributed by atoms with van der Waals surface area (Å²) in [6.45, 7) is 3.16. The van der Waals surface area contributed by atoms with Crippen LogP contribution in [0, 0.1) is 0 Å². The van der Waals surface area contributed by atoms with Crippen LogP contribution in [-0.4, -0.2) is 30.1 Å². The number of hydrogen-bond donors (Lipinski definition) is 2. The molecule has 0 radical (unpaired) electrons. The van der Waals surface area contributed by atoms with Gasteiger partial charge in [0.05, 0.1) is 5.56 Å². The van der Waals surface area contributed by atoms with E-state index in [9.17, 15) is 13.2 Å². The summed E-state index contributed by atoms with van der Waals surface area (Å²) in [5, 5.41) is 5.84. The number of halogens is 3. The number of thioether (sulfide) groups is 1. The van der Waals surface area contributed by atoms with Gasteiger partial charge in [-0.2, -0.15) is 24.9 Å². The number of hydrogen-bond acceptors (Lipinski definition) is 4. The molecule has 0 spiro atoms. The van der Waals surface area contributed by atoms with Gasteiger partial charge in [0.2, 0.25) is 0 Å². The summed E-state index contributed by atoms with van der Waals surface area (Å²) in [6.07, 6.45) is -0.651. The van der Waals surface area contributed by atoms with Crippen LogP contribution in [0.5, 0.6) is 0 Å². The molecule has 0 aromatic carbocycles. The molecule has 1 rings (SSSR count). The SMILES string of the molecule is CCCNc1cc(C(F)(F)F)cc(NCCCSC)n1. The lowest BCUT2D eigenvalue weighted by molar-refractivity contribution is -0.137. The predicted octanol–water partition coefficient (Wildman–Crippen LogP) is 4.09. The Balaban J connectivity index is 2.80. The van der Waals surface area contributed by atoms with Gasteiger partial charge in [-0.25, -0.2) is 4.98 Å². The Hall–Kier alpha value is -1.11. The number of alkyl halides is 3. The van der Waals surface area contributed by atoms with Gasteiger partial charge in [-0.1, -0.05) is 6.92 Å². The van der Waals surface area contributed by atoms with E-state index in [1.807, 2.05) is 13.2 Å². The van der Waals surface area contributed by atoms with E-state index < -0.39 is 11.7 Å². The Morgan fingerprint density at radius 3 is 2.25 bits per heavy atom. The van der Waals surface area contributed by atoms with Crippen molar-refractivity contribution in [2.45, 2.75) is 25.9 Å². The van der Waals surface area contributed by atoms with E-state index in [4.69, 9.17) is 0 Å². The van der Waals surface area contributed by atoms with Crippen LogP contribution in [-0.2, 0) is 6.18 Å². The Kier molecular flexibility index (Phi) is 6.98. The molecule has 1 aromatic heterocycles. The number of nitrogens with one attached hydrogen (secondary N) is 2. The lowest BCUT2D eigenvalue weighted by Crippen LogP contribution is -2.12. The molecule has 0 fully saturated rings. The quantitative estimate of drug-likeness (QED) is 0.709. The highest BCUT2D eigenvalue weighted by Crippen LogP contribution is 2.32. The van der Waals surface area contributed by atoms with Crippen molar-refractivity contribution < 1.29 is 13.2 Å². The third-order valence-corrected chi connectivity index (χ3v) is 3.24. The van der Waals surface area contributed by atoms with Gasteiger partial charge < -0.3 is 10.6 Å². The maximum Gasteiger partial charge on any atom is 0.416 e. The van der Waals surface area contributed by atoms with E-state index in [-0.39, 0.29) is 11.6 Å². The minimum atomic E-state index is -4.36. The molecule has 0 aliphatic rings. The molecule has 0 saturated carbocycles. The summed E-state index contributed by atoms with van der Waals surface area (Å²) in [5.74, 6) is 1.49. The van der Waals surface area contributed by atoms with Gasteiger partial charge in [0.25, 0.3) is 0 Å². The second-order valence-electron chi connectivity index (χ2n) is 4.32. The maximum absolute atomic E-state index is 12.8. The first-order valence-electron chi connectivity index (χ1n) is 6.53. The molecule has 0 aliphatic heterocycles. The number of nitrogens with zero attached hydrogens (tertiary/aromatic N) is 1. The average Bonchev–Trinajstić information content (AvgIpc) is 2.40. The first-order valence-corrected chi connectivity index (χ1v) is 7.92.